The summed E-state index contributed by atoms with van der Waals surface area (Å²) < 4.78 is 0. The van der Waals surface area contributed by atoms with Crippen LogP contribution in [0.25, 0.3) is 65.3 Å². The van der Waals surface area contributed by atoms with Crippen LogP contribution in [-0.2, 0) is 0 Å². The number of para-hydroxylation sites is 1. The Morgan fingerprint density at radius 2 is 0.787 bits per heavy atom. The van der Waals surface area contributed by atoms with E-state index >= 15 is 0 Å². The highest BCUT2D eigenvalue weighted by molar-refractivity contribution is 6.25. The molecule has 0 saturated heterocycles. The maximum atomic E-state index is 2.44. The quantitative estimate of drug-likeness (QED) is 0.178. The Morgan fingerprint density at radius 3 is 1.45 bits per heavy atom. The van der Waals surface area contributed by atoms with Crippen LogP contribution in [0.5, 0.6) is 0 Å². The fourth-order valence-corrected chi connectivity index (χ4v) is 7.32. The van der Waals surface area contributed by atoms with Crippen molar-refractivity contribution in [3.8, 4) is 22.3 Å². The molecule has 9 rings (SSSR count). The Morgan fingerprint density at radius 1 is 0.298 bits per heavy atom. The maximum Gasteiger partial charge on any atom is 0.0618 e. The molecule has 1 heteroatoms. The van der Waals surface area contributed by atoms with Crippen LogP contribution >= 0.6 is 0 Å². The predicted molar refractivity (Wildman–Crippen MR) is 202 cm³/mol. The molecule has 9 aromatic carbocycles. The molecule has 0 aliphatic heterocycles. The van der Waals surface area contributed by atoms with Gasteiger partial charge in [0.25, 0.3) is 0 Å². The van der Waals surface area contributed by atoms with E-state index in [2.05, 4.69) is 193 Å². The lowest BCUT2D eigenvalue weighted by Crippen LogP contribution is -2.11. The molecule has 9 aromatic rings. The van der Waals surface area contributed by atoms with Crippen molar-refractivity contribution in [3.63, 3.8) is 0 Å². The van der Waals surface area contributed by atoms with Crippen LogP contribution in [0.15, 0.2) is 188 Å². The van der Waals surface area contributed by atoms with Crippen molar-refractivity contribution in [2.24, 2.45) is 0 Å². The summed E-state index contributed by atoms with van der Waals surface area (Å²) in [5.41, 5.74) is 8.44. The number of hydrogen-bond acceptors (Lipinski definition) is 1. The molecule has 0 aliphatic rings. The summed E-state index contributed by atoms with van der Waals surface area (Å²) in [6, 6.07) is 68.2. The highest BCUT2D eigenvalue weighted by atomic mass is 15.1. The molecule has 0 fully saturated rings. The molecule has 0 amide bonds. The summed E-state index contributed by atoms with van der Waals surface area (Å²) in [4.78, 5) is 2.44. The minimum absolute atomic E-state index is 1.13. The van der Waals surface area contributed by atoms with Gasteiger partial charge in [0, 0.05) is 22.1 Å². The zero-order valence-electron chi connectivity index (χ0n) is 25.8. The minimum Gasteiger partial charge on any atom is -0.309 e. The van der Waals surface area contributed by atoms with E-state index in [0.29, 0.717) is 0 Å². The molecule has 220 valence electrons. The number of rotatable bonds is 5. The molecule has 0 saturated carbocycles. The first-order chi connectivity index (χ1) is 23.3. The SMILES string of the molecule is c1ccc(-c2ccc(-c3c4ccccc4c(N(c4ccccc4)c4ccc5ccccc5c4)c4ccccc34)c3ccccc23)cc1. The molecule has 0 radical (unpaired) electrons. The Bertz CT molecular complexity index is 2510. The van der Waals surface area contributed by atoms with E-state index in [9.17, 15) is 0 Å². The molecular formula is C46H31N. The molecule has 0 aliphatic carbocycles. The normalized spacial score (nSPS) is 11.4. The van der Waals surface area contributed by atoms with Gasteiger partial charge in [-0.05, 0) is 78.8 Å². The highest BCUT2D eigenvalue weighted by Crippen LogP contribution is 2.49. The largest absolute Gasteiger partial charge is 0.309 e. The summed E-state index contributed by atoms with van der Waals surface area (Å²) in [6.07, 6.45) is 0. The molecule has 0 N–H and O–H groups in total. The zero-order chi connectivity index (χ0) is 31.2. The molecule has 0 heterocycles. The fraction of sp³-hybridized carbons (Fsp3) is 0. The number of anilines is 3. The Kier molecular flexibility index (Phi) is 6.54. The lowest BCUT2D eigenvalue weighted by Gasteiger charge is -2.30. The Hall–Kier alpha value is -6.18. The zero-order valence-corrected chi connectivity index (χ0v) is 25.8. The van der Waals surface area contributed by atoms with Crippen molar-refractivity contribution in [1.82, 2.24) is 0 Å². The van der Waals surface area contributed by atoms with Crippen LogP contribution in [0.1, 0.15) is 0 Å². The van der Waals surface area contributed by atoms with Gasteiger partial charge in [-0.15, -0.1) is 0 Å². The van der Waals surface area contributed by atoms with Crippen LogP contribution in [0.4, 0.5) is 17.1 Å². The summed E-state index contributed by atoms with van der Waals surface area (Å²) in [7, 11) is 0. The summed E-state index contributed by atoms with van der Waals surface area (Å²) in [5, 5.41) is 9.88. The van der Waals surface area contributed by atoms with Gasteiger partial charge in [-0.3, -0.25) is 0 Å². The van der Waals surface area contributed by atoms with E-state index in [4.69, 9.17) is 0 Å². The molecule has 47 heavy (non-hydrogen) atoms. The highest BCUT2D eigenvalue weighted by Gasteiger charge is 2.23. The van der Waals surface area contributed by atoms with Crippen LogP contribution < -0.4 is 4.90 Å². The van der Waals surface area contributed by atoms with Gasteiger partial charge in [-0.1, -0.05) is 164 Å². The molecular weight excluding hydrogens is 567 g/mol. The average Bonchev–Trinajstić information content (AvgIpc) is 3.15. The maximum absolute atomic E-state index is 2.44. The van der Waals surface area contributed by atoms with Crippen molar-refractivity contribution < 1.29 is 0 Å². The third-order valence-electron chi connectivity index (χ3n) is 9.41. The van der Waals surface area contributed by atoms with E-state index in [0.717, 1.165) is 11.4 Å². The van der Waals surface area contributed by atoms with E-state index in [1.54, 1.807) is 0 Å². The van der Waals surface area contributed by atoms with Crippen LogP contribution in [-0.4, -0.2) is 0 Å². The molecule has 0 unspecified atom stereocenters. The standard InChI is InChI=1S/C46H31N/c1-3-16-33(17-4-1)37-29-30-42(39-22-10-9-21-38(37)39)45-40-23-11-13-25-43(40)46(44-26-14-12-24-41(44)45)47(35-19-5-2-6-20-35)36-28-27-32-15-7-8-18-34(32)31-36/h1-31H. The van der Waals surface area contributed by atoms with Gasteiger partial charge < -0.3 is 4.90 Å². The summed E-state index contributed by atoms with van der Waals surface area (Å²) >= 11 is 0. The van der Waals surface area contributed by atoms with E-state index in [1.165, 1.54) is 71.0 Å². The van der Waals surface area contributed by atoms with Gasteiger partial charge in [0.2, 0.25) is 0 Å². The van der Waals surface area contributed by atoms with Crippen molar-refractivity contribution in [2.45, 2.75) is 0 Å². The number of benzene rings is 9. The minimum atomic E-state index is 1.13. The smallest absolute Gasteiger partial charge is 0.0618 e. The van der Waals surface area contributed by atoms with E-state index in [-0.39, 0.29) is 0 Å². The molecule has 1 nitrogen and oxygen atoms in total. The van der Waals surface area contributed by atoms with Crippen LogP contribution in [0, 0.1) is 0 Å². The first-order valence-electron chi connectivity index (χ1n) is 16.2. The second-order valence-corrected chi connectivity index (χ2v) is 12.1. The fourth-order valence-electron chi connectivity index (χ4n) is 7.32. The van der Waals surface area contributed by atoms with Gasteiger partial charge >= 0.3 is 0 Å². The van der Waals surface area contributed by atoms with Crippen molar-refractivity contribution in [2.75, 3.05) is 4.90 Å². The average molecular weight is 598 g/mol. The van der Waals surface area contributed by atoms with Crippen molar-refractivity contribution >= 4 is 60.2 Å². The van der Waals surface area contributed by atoms with Gasteiger partial charge in [-0.2, -0.15) is 0 Å². The summed E-state index contributed by atoms with van der Waals surface area (Å²) in [6.45, 7) is 0. The van der Waals surface area contributed by atoms with Gasteiger partial charge in [0.15, 0.2) is 0 Å². The van der Waals surface area contributed by atoms with Gasteiger partial charge in [-0.25, -0.2) is 0 Å². The monoisotopic (exact) mass is 597 g/mol. The third kappa shape index (κ3) is 4.56. The number of fused-ring (bicyclic) bond motifs is 4. The molecule has 0 atom stereocenters. The summed E-state index contributed by atoms with van der Waals surface area (Å²) in [5.74, 6) is 0. The lowest BCUT2D eigenvalue weighted by atomic mass is 9.86. The van der Waals surface area contributed by atoms with Gasteiger partial charge in [0.05, 0.1) is 5.69 Å². The number of hydrogen-bond donors (Lipinski definition) is 0. The molecule has 0 spiro atoms. The van der Waals surface area contributed by atoms with Gasteiger partial charge in [0.1, 0.15) is 0 Å². The topological polar surface area (TPSA) is 3.24 Å². The number of nitrogens with zero attached hydrogens (tertiary/aromatic N) is 1. The lowest BCUT2D eigenvalue weighted by molar-refractivity contribution is 1.32. The second-order valence-electron chi connectivity index (χ2n) is 12.1. The van der Waals surface area contributed by atoms with E-state index < -0.39 is 0 Å². The molecule has 0 aromatic heterocycles. The second kappa shape index (κ2) is 11.3. The van der Waals surface area contributed by atoms with Crippen LogP contribution in [0.3, 0.4) is 0 Å². The third-order valence-corrected chi connectivity index (χ3v) is 9.41. The van der Waals surface area contributed by atoms with Crippen LogP contribution in [0.2, 0.25) is 0 Å². The molecule has 0 bridgehead atoms. The van der Waals surface area contributed by atoms with Crippen molar-refractivity contribution in [1.29, 1.82) is 0 Å². The van der Waals surface area contributed by atoms with Crippen molar-refractivity contribution in [3.05, 3.63) is 188 Å². The Balaban J connectivity index is 1.38. The van der Waals surface area contributed by atoms with E-state index in [1.807, 2.05) is 0 Å². The first-order valence-corrected chi connectivity index (χ1v) is 16.2. The predicted octanol–water partition coefficient (Wildman–Crippen LogP) is 13.1. The first kappa shape index (κ1) is 27.2. The Labute approximate surface area is 274 Å².